The van der Waals surface area contributed by atoms with Crippen LogP contribution in [-0.4, -0.2) is 4.57 Å². The molecule has 0 radical (unpaired) electrons. The maximum absolute atomic E-state index is 2.39. The summed E-state index contributed by atoms with van der Waals surface area (Å²) in [5.74, 6) is 0.503. The molecule has 0 bridgehead atoms. The Morgan fingerprint density at radius 3 is 2.11 bits per heavy atom. The zero-order valence-corrected chi connectivity index (χ0v) is 18.4. The van der Waals surface area contributed by atoms with Gasteiger partial charge in [-0.15, -0.1) is 0 Å². The van der Waals surface area contributed by atoms with Gasteiger partial charge < -0.3 is 12.4 Å². The van der Waals surface area contributed by atoms with Crippen LogP contribution in [0.15, 0.2) is 42.7 Å². The van der Waals surface area contributed by atoms with Gasteiger partial charge in [-0.25, -0.2) is 4.57 Å². The molecule has 0 aliphatic rings. The molecule has 3 aromatic rings. The Balaban J connectivity index is 0.00000261. The fourth-order valence-electron chi connectivity index (χ4n) is 3.92. The normalized spacial score (nSPS) is 11.0. The predicted octanol–water partition coefficient (Wildman–Crippen LogP) is 2.48. The van der Waals surface area contributed by atoms with Gasteiger partial charge in [0.05, 0.1) is 0 Å². The molecule has 0 saturated heterocycles. The third kappa shape index (κ3) is 4.11. The zero-order chi connectivity index (χ0) is 19.0. The van der Waals surface area contributed by atoms with Gasteiger partial charge in [-0.1, -0.05) is 49.7 Å². The number of benzene rings is 2. The van der Waals surface area contributed by atoms with E-state index in [0.717, 1.165) is 6.54 Å². The van der Waals surface area contributed by atoms with Gasteiger partial charge in [0.2, 0.25) is 6.33 Å². The van der Waals surface area contributed by atoms with Crippen LogP contribution >= 0.6 is 0 Å². The summed E-state index contributed by atoms with van der Waals surface area (Å²) in [5, 5.41) is 0. The van der Waals surface area contributed by atoms with Crippen LogP contribution in [0.25, 0.3) is 5.69 Å². The minimum atomic E-state index is 0. The molecular formula is C24H31ClN2. The fraction of sp³-hybridized carbons (Fsp3) is 0.375. The molecule has 0 aliphatic carbocycles. The first kappa shape index (κ1) is 21.2. The monoisotopic (exact) mass is 382 g/mol. The number of hydrogen-bond acceptors (Lipinski definition) is 0. The summed E-state index contributed by atoms with van der Waals surface area (Å²) in [6.07, 6.45) is 2.27. The Morgan fingerprint density at radius 1 is 0.926 bits per heavy atom. The molecule has 27 heavy (non-hydrogen) atoms. The Morgan fingerprint density at radius 2 is 1.52 bits per heavy atom. The van der Waals surface area contributed by atoms with E-state index >= 15 is 0 Å². The van der Waals surface area contributed by atoms with Crippen LogP contribution in [0.5, 0.6) is 0 Å². The van der Waals surface area contributed by atoms with Crippen LogP contribution < -0.4 is 17.0 Å². The second kappa shape index (κ2) is 8.31. The van der Waals surface area contributed by atoms with Crippen molar-refractivity contribution < 1.29 is 17.0 Å². The third-order valence-electron chi connectivity index (χ3n) is 5.56. The molecular weight excluding hydrogens is 352 g/mol. The largest absolute Gasteiger partial charge is 1.00 e. The predicted molar refractivity (Wildman–Crippen MR) is 109 cm³/mol. The standard InChI is InChI=1S/C24H31N2.ClH/c1-16(2)22-10-8-9-11-24(22)26-15-25(20(6)21(26)7)14-23-18(4)12-17(3)13-19(23)5;/h8-13,15-16H,14H2,1-7H3;1H/q+1;/p-1. The molecule has 2 nitrogen and oxygen atoms in total. The van der Waals surface area contributed by atoms with Crippen molar-refractivity contribution in [3.05, 3.63) is 81.9 Å². The van der Waals surface area contributed by atoms with Gasteiger partial charge in [0, 0.05) is 19.4 Å². The second-order valence-corrected chi connectivity index (χ2v) is 7.87. The molecule has 0 fully saturated rings. The number of nitrogens with zero attached hydrogens (tertiary/aromatic N) is 2. The van der Waals surface area contributed by atoms with Crippen LogP contribution in [0.2, 0.25) is 0 Å². The molecule has 3 rings (SSSR count). The van der Waals surface area contributed by atoms with E-state index in [4.69, 9.17) is 0 Å². The number of aryl methyl sites for hydroxylation is 3. The van der Waals surface area contributed by atoms with Crippen LogP contribution in [0.4, 0.5) is 0 Å². The molecule has 2 aromatic carbocycles. The first-order chi connectivity index (χ1) is 12.3. The average molecular weight is 383 g/mol. The number of rotatable bonds is 4. The van der Waals surface area contributed by atoms with Gasteiger partial charge in [0.1, 0.15) is 23.6 Å². The summed E-state index contributed by atoms with van der Waals surface area (Å²) in [7, 11) is 0. The lowest BCUT2D eigenvalue weighted by atomic mass is 10.00. The molecule has 0 spiro atoms. The summed E-state index contributed by atoms with van der Waals surface area (Å²) in [6, 6.07) is 13.3. The van der Waals surface area contributed by atoms with E-state index in [-0.39, 0.29) is 12.4 Å². The minimum Gasteiger partial charge on any atom is -1.00 e. The summed E-state index contributed by atoms with van der Waals surface area (Å²) in [5.41, 5.74) is 10.8. The van der Waals surface area contributed by atoms with Gasteiger partial charge in [0.25, 0.3) is 0 Å². The first-order valence-electron chi connectivity index (χ1n) is 9.53. The highest BCUT2D eigenvalue weighted by Gasteiger charge is 2.21. The van der Waals surface area contributed by atoms with Crippen molar-refractivity contribution in [2.45, 2.75) is 60.9 Å². The molecule has 3 heteroatoms. The van der Waals surface area contributed by atoms with Gasteiger partial charge in [-0.05, 0) is 49.4 Å². The lowest BCUT2D eigenvalue weighted by Crippen LogP contribution is -3.00. The first-order valence-corrected chi connectivity index (χ1v) is 9.53. The Hall–Kier alpha value is -2.06. The minimum absolute atomic E-state index is 0. The molecule has 0 aliphatic heterocycles. The van der Waals surface area contributed by atoms with Crippen molar-refractivity contribution in [2.24, 2.45) is 0 Å². The van der Waals surface area contributed by atoms with Crippen LogP contribution in [0, 0.1) is 34.6 Å². The van der Waals surface area contributed by atoms with E-state index in [2.05, 4.69) is 100 Å². The molecule has 0 saturated carbocycles. The summed E-state index contributed by atoms with van der Waals surface area (Å²) in [4.78, 5) is 0. The topological polar surface area (TPSA) is 8.81 Å². The fourth-order valence-corrected chi connectivity index (χ4v) is 3.92. The molecule has 144 valence electrons. The maximum Gasteiger partial charge on any atom is 0.249 e. The molecule has 0 amide bonds. The van der Waals surface area contributed by atoms with Gasteiger partial charge in [0.15, 0.2) is 0 Å². The van der Waals surface area contributed by atoms with Gasteiger partial charge in [-0.2, -0.15) is 4.57 Å². The molecule has 1 aromatic heterocycles. The number of para-hydroxylation sites is 1. The Bertz CT molecular complexity index is 928. The smallest absolute Gasteiger partial charge is 0.249 e. The second-order valence-electron chi connectivity index (χ2n) is 7.87. The van der Waals surface area contributed by atoms with Crippen molar-refractivity contribution in [1.82, 2.24) is 4.57 Å². The maximum atomic E-state index is 2.39. The zero-order valence-electron chi connectivity index (χ0n) is 17.6. The van der Waals surface area contributed by atoms with Crippen LogP contribution in [-0.2, 0) is 6.54 Å². The van der Waals surface area contributed by atoms with E-state index in [0.29, 0.717) is 5.92 Å². The van der Waals surface area contributed by atoms with Crippen LogP contribution in [0.1, 0.15) is 59.0 Å². The number of hydrogen-bond donors (Lipinski definition) is 0. The molecule has 0 unspecified atom stereocenters. The van der Waals surface area contributed by atoms with Crippen molar-refractivity contribution in [2.75, 3.05) is 0 Å². The number of imidazole rings is 1. The molecule has 0 N–H and O–H groups in total. The van der Waals surface area contributed by atoms with Gasteiger partial charge >= 0.3 is 0 Å². The summed E-state index contributed by atoms with van der Waals surface area (Å²) < 4.78 is 4.74. The Labute approximate surface area is 170 Å². The van der Waals surface area contributed by atoms with E-state index in [1.54, 1.807) is 0 Å². The van der Waals surface area contributed by atoms with E-state index in [1.807, 2.05) is 0 Å². The van der Waals surface area contributed by atoms with Crippen molar-refractivity contribution >= 4 is 0 Å². The van der Waals surface area contributed by atoms with E-state index in [1.165, 1.54) is 44.9 Å². The van der Waals surface area contributed by atoms with Crippen molar-refractivity contribution in [3.63, 3.8) is 0 Å². The SMILES string of the molecule is Cc1cc(C)c(C[n+]2cn(-c3ccccc3C(C)C)c(C)c2C)c(C)c1.[Cl-]. The highest BCUT2D eigenvalue weighted by molar-refractivity contribution is 5.44. The molecule has 0 atom stereocenters. The highest BCUT2D eigenvalue weighted by atomic mass is 35.5. The number of halogens is 1. The lowest BCUT2D eigenvalue weighted by Gasteiger charge is -2.10. The number of aromatic nitrogens is 2. The van der Waals surface area contributed by atoms with Crippen LogP contribution in [0.3, 0.4) is 0 Å². The quantitative estimate of drug-likeness (QED) is 0.613. The van der Waals surface area contributed by atoms with Crippen molar-refractivity contribution in [3.8, 4) is 5.69 Å². The molecule has 1 heterocycles. The Kier molecular flexibility index (Phi) is 6.54. The van der Waals surface area contributed by atoms with E-state index in [9.17, 15) is 0 Å². The van der Waals surface area contributed by atoms with Gasteiger partial charge in [-0.3, -0.25) is 0 Å². The average Bonchev–Trinajstić information content (AvgIpc) is 2.86. The van der Waals surface area contributed by atoms with E-state index < -0.39 is 0 Å². The highest BCUT2D eigenvalue weighted by Crippen LogP contribution is 2.24. The summed E-state index contributed by atoms with van der Waals surface area (Å²) in [6.45, 7) is 16.5. The van der Waals surface area contributed by atoms with Crippen molar-refractivity contribution in [1.29, 1.82) is 0 Å². The lowest BCUT2D eigenvalue weighted by molar-refractivity contribution is -0.693. The summed E-state index contributed by atoms with van der Waals surface area (Å²) >= 11 is 0. The third-order valence-corrected chi connectivity index (χ3v) is 5.56.